The molecule has 1 aliphatic carbocycles. The van der Waals surface area contributed by atoms with Crippen LogP contribution >= 0.6 is 0 Å². The summed E-state index contributed by atoms with van der Waals surface area (Å²) in [4.78, 5) is 4.01. The van der Waals surface area contributed by atoms with E-state index in [2.05, 4.69) is 17.2 Å². The Labute approximate surface area is 116 Å². The van der Waals surface area contributed by atoms with Crippen LogP contribution in [0.15, 0.2) is 18.3 Å². The van der Waals surface area contributed by atoms with Gasteiger partial charge in [-0.25, -0.2) is 4.98 Å². The van der Waals surface area contributed by atoms with Gasteiger partial charge in [-0.15, -0.1) is 0 Å². The van der Waals surface area contributed by atoms with Crippen molar-refractivity contribution in [3.8, 4) is 0 Å². The molecule has 1 aromatic heterocycles. The number of nitrogens with two attached hydrogens (primary N) is 1. The standard InChI is InChI=1S/C14H20F3N3/c1-10-4-2-3-6-13(10,9-18)20-12-8-11(5-7-19-12)14(15,16)17/h5,7-8,10H,2-4,6,9,18H2,1H3,(H,19,20). The van der Waals surface area contributed by atoms with Crippen LogP contribution in [0, 0.1) is 5.92 Å². The van der Waals surface area contributed by atoms with Gasteiger partial charge in [-0.3, -0.25) is 0 Å². The summed E-state index contributed by atoms with van der Waals surface area (Å²) in [7, 11) is 0. The van der Waals surface area contributed by atoms with E-state index in [1.165, 1.54) is 6.20 Å². The van der Waals surface area contributed by atoms with Crippen molar-refractivity contribution in [1.82, 2.24) is 4.98 Å². The first kappa shape index (κ1) is 15.1. The van der Waals surface area contributed by atoms with Crippen LogP contribution in [-0.2, 0) is 6.18 Å². The zero-order chi connectivity index (χ0) is 14.8. The highest BCUT2D eigenvalue weighted by atomic mass is 19.4. The van der Waals surface area contributed by atoms with Gasteiger partial charge in [-0.05, 0) is 30.9 Å². The van der Waals surface area contributed by atoms with E-state index in [9.17, 15) is 13.2 Å². The number of rotatable bonds is 3. The predicted octanol–water partition coefficient (Wildman–Crippen LogP) is 3.42. The summed E-state index contributed by atoms with van der Waals surface area (Å²) in [5, 5.41) is 3.17. The number of hydrogen-bond acceptors (Lipinski definition) is 3. The lowest BCUT2D eigenvalue weighted by atomic mass is 9.73. The van der Waals surface area contributed by atoms with Crippen LogP contribution in [0.25, 0.3) is 0 Å². The molecule has 0 radical (unpaired) electrons. The molecule has 0 amide bonds. The van der Waals surface area contributed by atoms with Gasteiger partial charge in [-0.1, -0.05) is 19.8 Å². The van der Waals surface area contributed by atoms with Crippen molar-refractivity contribution in [1.29, 1.82) is 0 Å². The molecule has 20 heavy (non-hydrogen) atoms. The Bertz CT molecular complexity index is 461. The van der Waals surface area contributed by atoms with Crippen LogP contribution < -0.4 is 11.1 Å². The Hall–Kier alpha value is -1.30. The maximum Gasteiger partial charge on any atom is 0.416 e. The highest BCUT2D eigenvalue weighted by Gasteiger charge is 2.38. The molecule has 2 rings (SSSR count). The van der Waals surface area contributed by atoms with Crippen LogP contribution in [0.1, 0.15) is 38.2 Å². The van der Waals surface area contributed by atoms with Crippen molar-refractivity contribution in [2.75, 3.05) is 11.9 Å². The quantitative estimate of drug-likeness (QED) is 0.895. The monoisotopic (exact) mass is 287 g/mol. The number of pyridine rings is 1. The van der Waals surface area contributed by atoms with Gasteiger partial charge >= 0.3 is 6.18 Å². The third-order valence-electron chi connectivity index (χ3n) is 4.28. The maximum absolute atomic E-state index is 12.7. The van der Waals surface area contributed by atoms with Gasteiger partial charge in [0.05, 0.1) is 11.1 Å². The molecular weight excluding hydrogens is 267 g/mol. The molecule has 0 bridgehead atoms. The minimum Gasteiger partial charge on any atom is -0.363 e. The first-order valence-electron chi connectivity index (χ1n) is 6.89. The lowest BCUT2D eigenvalue weighted by Crippen LogP contribution is -2.52. The lowest BCUT2D eigenvalue weighted by Gasteiger charge is -2.43. The Balaban J connectivity index is 2.24. The molecule has 1 saturated carbocycles. The van der Waals surface area contributed by atoms with Crippen molar-refractivity contribution in [2.24, 2.45) is 11.7 Å². The van der Waals surface area contributed by atoms with Gasteiger partial charge in [0.2, 0.25) is 0 Å². The van der Waals surface area contributed by atoms with Crippen LogP contribution in [-0.4, -0.2) is 17.1 Å². The van der Waals surface area contributed by atoms with E-state index in [1.54, 1.807) is 0 Å². The van der Waals surface area contributed by atoms with Crippen molar-refractivity contribution in [2.45, 2.75) is 44.3 Å². The Morgan fingerprint density at radius 2 is 2.20 bits per heavy atom. The average Bonchev–Trinajstić information content (AvgIpc) is 2.41. The van der Waals surface area contributed by atoms with Gasteiger partial charge in [-0.2, -0.15) is 13.2 Å². The van der Waals surface area contributed by atoms with E-state index in [0.29, 0.717) is 12.5 Å². The summed E-state index contributed by atoms with van der Waals surface area (Å²) in [6, 6.07) is 2.03. The number of alkyl halides is 3. The molecule has 2 atom stereocenters. The molecule has 1 heterocycles. The Morgan fingerprint density at radius 1 is 1.45 bits per heavy atom. The summed E-state index contributed by atoms with van der Waals surface area (Å²) < 4.78 is 38.2. The zero-order valence-electron chi connectivity index (χ0n) is 11.5. The third kappa shape index (κ3) is 3.06. The summed E-state index contributed by atoms with van der Waals surface area (Å²) in [6.45, 7) is 2.48. The number of nitrogens with one attached hydrogen (secondary N) is 1. The van der Waals surface area contributed by atoms with Gasteiger partial charge in [0.25, 0.3) is 0 Å². The first-order valence-corrected chi connectivity index (χ1v) is 6.89. The van der Waals surface area contributed by atoms with Gasteiger partial charge in [0, 0.05) is 12.7 Å². The summed E-state index contributed by atoms with van der Waals surface area (Å²) in [5.41, 5.74) is 4.85. The molecule has 1 fully saturated rings. The SMILES string of the molecule is CC1CCCCC1(CN)Nc1cc(C(F)(F)F)ccn1. The third-order valence-corrected chi connectivity index (χ3v) is 4.28. The van der Waals surface area contributed by atoms with E-state index in [4.69, 9.17) is 5.73 Å². The zero-order valence-corrected chi connectivity index (χ0v) is 11.5. The minimum absolute atomic E-state index is 0.249. The second kappa shape index (κ2) is 5.60. The molecule has 2 unspecified atom stereocenters. The van der Waals surface area contributed by atoms with Crippen LogP contribution in [0.3, 0.4) is 0 Å². The van der Waals surface area contributed by atoms with Gasteiger partial charge < -0.3 is 11.1 Å². The van der Waals surface area contributed by atoms with Crippen LogP contribution in [0.2, 0.25) is 0 Å². The van der Waals surface area contributed by atoms with E-state index in [-0.39, 0.29) is 11.4 Å². The topological polar surface area (TPSA) is 50.9 Å². The highest BCUT2D eigenvalue weighted by molar-refractivity contribution is 5.42. The number of nitrogens with zero attached hydrogens (tertiary/aromatic N) is 1. The van der Waals surface area contributed by atoms with Gasteiger partial charge in [0.15, 0.2) is 0 Å². The molecule has 3 N–H and O–H groups in total. The number of hydrogen-bond donors (Lipinski definition) is 2. The van der Waals surface area contributed by atoms with Crippen LogP contribution in [0.4, 0.5) is 19.0 Å². The minimum atomic E-state index is -4.35. The molecule has 0 aliphatic heterocycles. The molecular formula is C14H20F3N3. The Kier molecular flexibility index (Phi) is 4.22. The number of aromatic nitrogens is 1. The summed E-state index contributed by atoms with van der Waals surface area (Å²) in [6.07, 6.45) is 0.899. The van der Waals surface area contributed by atoms with Gasteiger partial charge in [0.1, 0.15) is 5.82 Å². The number of anilines is 1. The lowest BCUT2D eigenvalue weighted by molar-refractivity contribution is -0.137. The second-order valence-electron chi connectivity index (χ2n) is 5.56. The van der Waals surface area contributed by atoms with E-state index in [1.807, 2.05) is 0 Å². The fourth-order valence-corrected chi connectivity index (χ4v) is 2.88. The van der Waals surface area contributed by atoms with E-state index < -0.39 is 11.7 Å². The van der Waals surface area contributed by atoms with Crippen molar-refractivity contribution >= 4 is 5.82 Å². The normalized spacial score (nSPS) is 27.4. The first-order chi connectivity index (χ1) is 9.37. The van der Waals surface area contributed by atoms with Crippen LogP contribution in [0.5, 0.6) is 0 Å². The molecule has 0 aromatic carbocycles. The fourth-order valence-electron chi connectivity index (χ4n) is 2.88. The van der Waals surface area contributed by atoms with Crippen molar-refractivity contribution in [3.05, 3.63) is 23.9 Å². The molecule has 0 spiro atoms. The smallest absolute Gasteiger partial charge is 0.363 e. The second-order valence-corrected chi connectivity index (χ2v) is 5.56. The fraction of sp³-hybridized carbons (Fsp3) is 0.643. The predicted molar refractivity (Wildman–Crippen MR) is 72.3 cm³/mol. The van der Waals surface area contributed by atoms with E-state index >= 15 is 0 Å². The average molecular weight is 287 g/mol. The Morgan fingerprint density at radius 3 is 2.80 bits per heavy atom. The molecule has 1 aliphatic rings. The molecule has 3 nitrogen and oxygen atoms in total. The largest absolute Gasteiger partial charge is 0.416 e. The summed E-state index contributed by atoms with van der Waals surface area (Å²) in [5.74, 6) is 0.566. The highest BCUT2D eigenvalue weighted by Crippen LogP contribution is 2.36. The molecule has 1 aromatic rings. The molecule has 112 valence electrons. The van der Waals surface area contributed by atoms with E-state index in [0.717, 1.165) is 37.8 Å². The van der Waals surface area contributed by atoms with Crippen molar-refractivity contribution < 1.29 is 13.2 Å². The maximum atomic E-state index is 12.7. The van der Waals surface area contributed by atoms with Crippen molar-refractivity contribution in [3.63, 3.8) is 0 Å². The number of halogens is 3. The molecule has 6 heteroatoms. The molecule has 0 saturated heterocycles. The summed E-state index contributed by atoms with van der Waals surface area (Å²) >= 11 is 0.